The van der Waals surface area contributed by atoms with Crippen LogP contribution in [0.25, 0.3) is 17.1 Å². The Labute approximate surface area is 127 Å². The molecule has 7 heteroatoms. The molecule has 0 saturated carbocycles. The van der Waals surface area contributed by atoms with Crippen LogP contribution in [0.2, 0.25) is 0 Å². The summed E-state index contributed by atoms with van der Waals surface area (Å²) in [5.74, 6) is 0. The highest BCUT2D eigenvalue weighted by Gasteiger charge is 2.44. The molecule has 0 radical (unpaired) electrons. The van der Waals surface area contributed by atoms with Crippen molar-refractivity contribution in [3.63, 3.8) is 0 Å². The molecule has 1 saturated heterocycles. The van der Waals surface area contributed by atoms with Gasteiger partial charge in [-0.1, -0.05) is 6.58 Å². The van der Waals surface area contributed by atoms with E-state index >= 15 is 0 Å². The fourth-order valence-electron chi connectivity index (χ4n) is 2.84. The number of hydrogen-bond acceptors (Lipinski definition) is 6. The summed E-state index contributed by atoms with van der Waals surface area (Å²) in [6.45, 7) is 5.88. The summed E-state index contributed by atoms with van der Waals surface area (Å²) in [6, 6.07) is 1.89. The van der Waals surface area contributed by atoms with Crippen LogP contribution in [-0.4, -0.2) is 56.8 Å². The van der Waals surface area contributed by atoms with E-state index in [-0.39, 0.29) is 6.61 Å². The number of methoxy groups -OCH3 is 1. The molecule has 3 heterocycles. The van der Waals surface area contributed by atoms with Gasteiger partial charge in [0.05, 0.1) is 12.3 Å². The number of aliphatic hydroxyl groups excluding tert-OH is 2. The molecule has 2 N–H and O–H groups in total. The molecule has 118 valence electrons. The van der Waals surface area contributed by atoms with E-state index in [1.54, 1.807) is 10.6 Å². The van der Waals surface area contributed by atoms with Gasteiger partial charge in [-0.2, -0.15) is 0 Å². The Hall–Kier alpha value is -1.80. The van der Waals surface area contributed by atoms with Crippen LogP contribution in [0.3, 0.4) is 0 Å². The summed E-state index contributed by atoms with van der Waals surface area (Å²) < 4.78 is 12.5. The van der Waals surface area contributed by atoms with Gasteiger partial charge < -0.3 is 19.7 Å². The largest absolute Gasteiger partial charge is 0.387 e. The van der Waals surface area contributed by atoms with E-state index in [1.807, 2.05) is 13.0 Å². The average molecular weight is 305 g/mol. The second-order valence-corrected chi connectivity index (χ2v) is 5.34. The highest BCUT2D eigenvalue weighted by atomic mass is 16.6. The third kappa shape index (κ3) is 2.22. The van der Waals surface area contributed by atoms with Crippen molar-refractivity contribution in [3.05, 3.63) is 30.4 Å². The van der Waals surface area contributed by atoms with Crippen molar-refractivity contribution >= 4 is 17.1 Å². The van der Waals surface area contributed by atoms with E-state index in [1.165, 1.54) is 13.4 Å². The molecular weight excluding hydrogens is 286 g/mol. The molecule has 4 unspecified atom stereocenters. The summed E-state index contributed by atoms with van der Waals surface area (Å²) in [5.41, 5.74) is 2.21. The van der Waals surface area contributed by atoms with Crippen LogP contribution in [0.4, 0.5) is 0 Å². The number of ether oxygens (including phenoxy) is 2. The van der Waals surface area contributed by atoms with E-state index in [2.05, 4.69) is 16.5 Å². The quantitative estimate of drug-likeness (QED) is 0.862. The van der Waals surface area contributed by atoms with Crippen molar-refractivity contribution in [1.82, 2.24) is 14.5 Å². The maximum Gasteiger partial charge on any atom is 0.165 e. The third-order valence-electron chi connectivity index (χ3n) is 3.99. The van der Waals surface area contributed by atoms with Gasteiger partial charge >= 0.3 is 0 Å². The maximum absolute atomic E-state index is 10.3. The Kier molecular flexibility index (Phi) is 3.96. The SMILES string of the molecule is C=Cc1cc2c(C)ncnc2n1C1OC(COC)C(O)C1O. The van der Waals surface area contributed by atoms with E-state index in [9.17, 15) is 10.2 Å². The van der Waals surface area contributed by atoms with Gasteiger partial charge in [0.15, 0.2) is 6.23 Å². The lowest BCUT2D eigenvalue weighted by Gasteiger charge is -2.19. The highest BCUT2D eigenvalue weighted by molar-refractivity contribution is 5.82. The van der Waals surface area contributed by atoms with Gasteiger partial charge in [-0.15, -0.1) is 0 Å². The number of aryl methyl sites for hydroxylation is 1. The first-order valence-electron chi connectivity index (χ1n) is 7.04. The number of rotatable bonds is 4. The molecule has 0 amide bonds. The predicted octanol–water partition coefficient (Wildman–Crippen LogP) is 0.648. The summed E-state index contributed by atoms with van der Waals surface area (Å²) in [6.07, 6.45) is -0.329. The fraction of sp³-hybridized carbons (Fsp3) is 0.467. The molecule has 2 aromatic rings. The Morgan fingerprint density at radius 3 is 2.86 bits per heavy atom. The number of hydrogen-bond donors (Lipinski definition) is 2. The lowest BCUT2D eigenvalue weighted by Crippen LogP contribution is -2.33. The Bertz CT molecular complexity index is 699. The maximum atomic E-state index is 10.3. The standard InChI is InChI=1S/C15H19N3O4/c1-4-9-5-10-8(2)16-7-17-14(10)18(9)15-13(20)12(19)11(22-15)6-21-3/h4-5,7,11-13,15,19-20H,1,6H2,2-3H3. The van der Waals surface area contributed by atoms with Gasteiger partial charge in [-0.05, 0) is 19.1 Å². The minimum atomic E-state index is -1.08. The zero-order chi connectivity index (χ0) is 15.9. The summed E-state index contributed by atoms with van der Waals surface area (Å²) in [4.78, 5) is 8.46. The normalized spacial score (nSPS) is 28.4. The predicted molar refractivity (Wildman–Crippen MR) is 80.2 cm³/mol. The van der Waals surface area contributed by atoms with Crippen molar-refractivity contribution in [3.8, 4) is 0 Å². The Morgan fingerprint density at radius 1 is 1.41 bits per heavy atom. The Balaban J connectivity index is 2.10. The highest BCUT2D eigenvalue weighted by Crippen LogP contribution is 2.34. The van der Waals surface area contributed by atoms with Gasteiger partial charge in [0.25, 0.3) is 0 Å². The summed E-state index contributed by atoms with van der Waals surface area (Å²) >= 11 is 0. The molecule has 4 atom stereocenters. The summed E-state index contributed by atoms with van der Waals surface area (Å²) in [5, 5.41) is 21.3. The zero-order valence-electron chi connectivity index (χ0n) is 12.5. The Morgan fingerprint density at radius 2 is 2.18 bits per heavy atom. The fourth-order valence-corrected chi connectivity index (χ4v) is 2.84. The lowest BCUT2D eigenvalue weighted by atomic mass is 10.1. The van der Waals surface area contributed by atoms with Crippen LogP contribution >= 0.6 is 0 Å². The number of fused-ring (bicyclic) bond motifs is 1. The molecule has 22 heavy (non-hydrogen) atoms. The van der Waals surface area contributed by atoms with Crippen LogP contribution in [-0.2, 0) is 9.47 Å². The lowest BCUT2D eigenvalue weighted by molar-refractivity contribution is -0.0580. The third-order valence-corrected chi connectivity index (χ3v) is 3.99. The van der Waals surface area contributed by atoms with Gasteiger partial charge in [0, 0.05) is 18.2 Å². The number of aliphatic hydroxyl groups is 2. The smallest absolute Gasteiger partial charge is 0.165 e. The topological polar surface area (TPSA) is 89.6 Å². The van der Waals surface area contributed by atoms with Gasteiger partial charge in [-0.25, -0.2) is 9.97 Å². The van der Waals surface area contributed by atoms with Crippen LogP contribution in [0.5, 0.6) is 0 Å². The molecule has 2 aromatic heterocycles. The van der Waals surface area contributed by atoms with Crippen molar-refractivity contribution in [2.24, 2.45) is 0 Å². The molecule has 0 bridgehead atoms. The molecule has 3 rings (SSSR count). The van der Waals surface area contributed by atoms with Gasteiger partial charge in [0.1, 0.15) is 30.3 Å². The van der Waals surface area contributed by atoms with Crippen molar-refractivity contribution < 1.29 is 19.7 Å². The average Bonchev–Trinajstić information content (AvgIpc) is 3.01. The minimum Gasteiger partial charge on any atom is -0.387 e. The van der Waals surface area contributed by atoms with Crippen molar-refractivity contribution in [1.29, 1.82) is 0 Å². The molecule has 7 nitrogen and oxygen atoms in total. The van der Waals surface area contributed by atoms with Crippen LogP contribution in [0, 0.1) is 6.92 Å². The van der Waals surface area contributed by atoms with E-state index in [0.717, 1.165) is 16.8 Å². The van der Waals surface area contributed by atoms with Gasteiger partial charge in [-0.3, -0.25) is 4.57 Å². The van der Waals surface area contributed by atoms with E-state index in [0.29, 0.717) is 5.65 Å². The zero-order valence-corrected chi connectivity index (χ0v) is 12.5. The van der Waals surface area contributed by atoms with Crippen molar-refractivity contribution in [2.75, 3.05) is 13.7 Å². The van der Waals surface area contributed by atoms with E-state index in [4.69, 9.17) is 9.47 Å². The van der Waals surface area contributed by atoms with Crippen LogP contribution < -0.4 is 0 Å². The number of aromatic nitrogens is 3. The molecule has 1 fully saturated rings. The van der Waals surface area contributed by atoms with Crippen LogP contribution in [0.15, 0.2) is 19.0 Å². The molecule has 0 aliphatic carbocycles. The molecule has 1 aliphatic rings. The first-order valence-corrected chi connectivity index (χ1v) is 7.04. The monoisotopic (exact) mass is 305 g/mol. The first kappa shape index (κ1) is 15.1. The molecule has 0 aromatic carbocycles. The van der Waals surface area contributed by atoms with Crippen molar-refractivity contribution in [2.45, 2.75) is 31.5 Å². The molecular formula is C15H19N3O4. The molecule has 1 aliphatic heterocycles. The minimum absolute atomic E-state index is 0.200. The number of nitrogens with zero attached hydrogens (tertiary/aromatic N) is 3. The second-order valence-electron chi connectivity index (χ2n) is 5.34. The van der Waals surface area contributed by atoms with Gasteiger partial charge in [0.2, 0.25) is 0 Å². The first-order chi connectivity index (χ1) is 10.6. The van der Waals surface area contributed by atoms with E-state index < -0.39 is 24.5 Å². The summed E-state index contributed by atoms with van der Waals surface area (Å²) in [7, 11) is 1.52. The molecule has 0 spiro atoms. The second kappa shape index (κ2) is 5.77. The van der Waals surface area contributed by atoms with Crippen LogP contribution in [0.1, 0.15) is 17.6 Å².